The van der Waals surface area contributed by atoms with E-state index in [4.69, 9.17) is 0 Å². The molecule has 0 bridgehead atoms. The van der Waals surface area contributed by atoms with Gasteiger partial charge in [-0.25, -0.2) is 0 Å². The zero-order valence-electron chi connectivity index (χ0n) is 14.9. The lowest BCUT2D eigenvalue weighted by atomic mass is 10.1. The minimum absolute atomic E-state index is 0.0332. The second-order valence-electron chi connectivity index (χ2n) is 6.41. The summed E-state index contributed by atoms with van der Waals surface area (Å²) in [6.07, 6.45) is 2.16. The molecule has 1 amide bonds. The third-order valence-electron chi connectivity index (χ3n) is 4.61. The van der Waals surface area contributed by atoms with Crippen molar-refractivity contribution >= 4 is 45.1 Å². The maximum Gasteiger partial charge on any atom is 0.272 e. The van der Waals surface area contributed by atoms with E-state index < -0.39 is 0 Å². The van der Waals surface area contributed by atoms with Crippen LogP contribution in [-0.2, 0) is 6.54 Å². The van der Waals surface area contributed by atoms with Crippen LogP contribution in [0, 0.1) is 17.4 Å². The van der Waals surface area contributed by atoms with Gasteiger partial charge in [0.05, 0.1) is 0 Å². The van der Waals surface area contributed by atoms with Crippen LogP contribution in [0.4, 0.5) is 5.69 Å². The second kappa shape index (κ2) is 7.60. The molecule has 25 heavy (non-hydrogen) atoms. The standard InChI is InChI=1S/C21H23IN2O/c1-4-5-12-24-19-9-7-6-8-17(19)15(3)20(24)21(25)23-18-11-10-16(22)13-14(18)2/h6-11,13H,4-5,12H2,1-3H3,(H,23,25). The lowest BCUT2D eigenvalue weighted by molar-refractivity contribution is 0.101. The lowest BCUT2D eigenvalue weighted by Crippen LogP contribution is -2.19. The average Bonchev–Trinajstić information content (AvgIpc) is 2.88. The van der Waals surface area contributed by atoms with Gasteiger partial charge in [-0.3, -0.25) is 4.79 Å². The summed E-state index contributed by atoms with van der Waals surface area (Å²) in [5, 5.41) is 4.26. The first-order chi connectivity index (χ1) is 12.0. The van der Waals surface area contributed by atoms with E-state index in [0.29, 0.717) is 0 Å². The van der Waals surface area contributed by atoms with Gasteiger partial charge >= 0.3 is 0 Å². The molecule has 2 aromatic carbocycles. The number of aromatic nitrogens is 1. The van der Waals surface area contributed by atoms with Gasteiger partial charge in [0.25, 0.3) is 5.91 Å². The fraction of sp³-hybridized carbons (Fsp3) is 0.286. The molecule has 130 valence electrons. The van der Waals surface area contributed by atoms with Crippen LogP contribution in [0.5, 0.6) is 0 Å². The first kappa shape index (κ1) is 18.0. The van der Waals surface area contributed by atoms with E-state index in [1.54, 1.807) is 0 Å². The Labute approximate surface area is 162 Å². The van der Waals surface area contributed by atoms with Crippen molar-refractivity contribution in [3.63, 3.8) is 0 Å². The van der Waals surface area contributed by atoms with Crippen LogP contribution in [0.2, 0.25) is 0 Å². The predicted octanol–water partition coefficient (Wildman–Crippen LogP) is 5.92. The van der Waals surface area contributed by atoms with Crippen molar-refractivity contribution in [1.29, 1.82) is 0 Å². The number of anilines is 1. The van der Waals surface area contributed by atoms with Gasteiger partial charge in [-0.1, -0.05) is 31.5 Å². The maximum atomic E-state index is 13.1. The number of rotatable bonds is 5. The summed E-state index contributed by atoms with van der Waals surface area (Å²) < 4.78 is 3.34. The largest absolute Gasteiger partial charge is 0.336 e. The van der Waals surface area contributed by atoms with Crippen molar-refractivity contribution < 1.29 is 4.79 Å². The van der Waals surface area contributed by atoms with Gasteiger partial charge < -0.3 is 9.88 Å². The van der Waals surface area contributed by atoms with Crippen LogP contribution < -0.4 is 5.32 Å². The molecule has 0 fully saturated rings. The summed E-state index contributed by atoms with van der Waals surface area (Å²) in [5.41, 5.74) is 4.91. The second-order valence-corrected chi connectivity index (χ2v) is 7.65. The third-order valence-corrected chi connectivity index (χ3v) is 5.28. The van der Waals surface area contributed by atoms with Crippen LogP contribution in [0.25, 0.3) is 10.9 Å². The fourth-order valence-corrected chi connectivity index (χ4v) is 3.91. The lowest BCUT2D eigenvalue weighted by Gasteiger charge is -2.13. The number of nitrogens with zero attached hydrogens (tertiary/aromatic N) is 1. The quantitative estimate of drug-likeness (QED) is 0.486. The maximum absolute atomic E-state index is 13.1. The van der Waals surface area contributed by atoms with Crippen molar-refractivity contribution in [3.8, 4) is 0 Å². The number of benzene rings is 2. The van der Waals surface area contributed by atoms with Gasteiger partial charge in [-0.15, -0.1) is 0 Å². The van der Waals surface area contributed by atoms with Crippen LogP contribution >= 0.6 is 22.6 Å². The molecule has 1 aromatic heterocycles. The van der Waals surface area contributed by atoms with E-state index >= 15 is 0 Å². The van der Waals surface area contributed by atoms with E-state index in [-0.39, 0.29) is 5.91 Å². The molecule has 1 N–H and O–H groups in total. The number of carbonyl (C=O) groups excluding carboxylic acids is 1. The first-order valence-corrected chi connectivity index (χ1v) is 9.76. The molecule has 3 rings (SSSR count). The van der Waals surface area contributed by atoms with Gasteiger partial charge in [-0.2, -0.15) is 0 Å². The average molecular weight is 446 g/mol. The molecule has 0 aliphatic heterocycles. The number of aryl methyl sites for hydroxylation is 3. The summed E-state index contributed by atoms with van der Waals surface area (Å²) >= 11 is 2.29. The molecule has 0 saturated carbocycles. The zero-order valence-corrected chi connectivity index (χ0v) is 17.1. The van der Waals surface area contributed by atoms with Gasteiger partial charge in [0.1, 0.15) is 5.69 Å². The molecule has 4 heteroatoms. The number of amides is 1. The van der Waals surface area contributed by atoms with E-state index in [1.807, 2.05) is 38.1 Å². The van der Waals surface area contributed by atoms with E-state index in [2.05, 4.69) is 57.6 Å². The SMILES string of the molecule is CCCCn1c(C(=O)Nc2ccc(I)cc2C)c(C)c2ccccc21. The Balaban J connectivity index is 2.04. The summed E-state index contributed by atoms with van der Waals surface area (Å²) in [6, 6.07) is 14.3. The van der Waals surface area contributed by atoms with E-state index in [1.165, 1.54) is 3.57 Å². The Kier molecular flexibility index (Phi) is 5.47. The fourth-order valence-electron chi connectivity index (χ4n) is 3.27. The Hall–Kier alpha value is -1.82. The minimum Gasteiger partial charge on any atom is -0.336 e. The highest BCUT2D eigenvalue weighted by Gasteiger charge is 2.20. The Morgan fingerprint density at radius 2 is 1.92 bits per heavy atom. The van der Waals surface area contributed by atoms with Gasteiger partial charge in [0.2, 0.25) is 0 Å². The molecule has 3 nitrogen and oxygen atoms in total. The van der Waals surface area contributed by atoms with Gasteiger partial charge in [-0.05, 0) is 78.3 Å². The summed E-state index contributed by atoms with van der Waals surface area (Å²) in [7, 11) is 0. The van der Waals surface area contributed by atoms with E-state index in [0.717, 1.165) is 52.8 Å². The molecule has 1 heterocycles. The van der Waals surface area contributed by atoms with Gasteiger partial charge in [0, 0.05) is 26.7 Å². The minimum atomic E-state index is -0.0332. The van der Waals surface area contributed by atoms with Crippen LogP contribution in [0.3, 0.4) is 0 Å². The molecule has 3 aromatic rings. The topological polar surface area (TPSA) is 34.0 Å². The van der Waals surface area contributed by atoms with Crippen molar-refractivity contribution in [3.05, 3.63) is 62.9 Å². The molecule has 0 saturated heterocycles. The molecule has 0 unspecified atom stereocenters. The Morgan fingerprint density at radius 3 is 2.64 bits per heavy atom. The summed E-state index contributed by atoms with van der Waals surface area (Å²) in [4.78, 5) is 13.1. The smallest absolute Gasteiger partial charge is 0.272 e. The Morgan fingerprint density at radius 1 is 1.16 bits per heavy atom. The highest BCUT2D eigenvalue weighted by molar-refractivity contribution is 14.1. The third kappa shape index (κ3) is 3.59. The molecule has 0 atom stereocenters. The number of para-hydroxylation sites is 1. The molecular weight excluding hydrogens is 423 g/mol. The van der Waals surface area contributed by atoms with Gasteiger partial charge in [0.15, 0.2) is 0 Å². The highest BCUT2D eigenvalue weighted by Crippen LogP contribution is 2.27. The molecule has 0 aliphatic carbocycles. The number of fused-ring (bicyclic) bond motifs is 1. The summed E-state index contributed by atoms with van der Waals surface area (Å²) in [6.45, 7) is 7.10. The molecular formula is C21H23IN2O. The van der Waals surface area contributed by atoms with Crippen LogP contribution in [0.1, 0.15) is 41.4 Å². The number of unbranched alkanes of at least 4 members (excludes halogenated alkanes) is 1. The number of halogens is 1. The number of hydrogen-bond acceptors (Lipinski definition) is 1. The van der Waals surface area contributed by atoms with Crippen molar-refractivity contribution in [2.45, 2.75) is 40.2 Å². The Bertz CT molecular complexity index is 927. The molecule has 0 aliphatic rings. The first-order valence-electron chi connectivity index (χ1n) is 8.68. The van der Waals surface area contributed by atoms with Crippen LogP contribution in [-0.4, -0.2) is 10.5 Å². The number of nitrogens with one attached hydrogen (secondary N) is 1. The summed E-state index contributed by atoms with van der Waals surface area (Å²) in [5.74, 6) is -0.0332. The predicted molar refractivity (Wildman–Crippen MR) is 113 cm³/mol. The van der Waals surface area contributed by atoms with Crippen molar-refractivity contribution in [2.75, 3.05) is 5.32 Å². The molecule has 0 spiro atoms. The highest BCUT2D eigenvalue weighted by atomic mass is 127. The van der Waals surface area contributed by atoms with E-state index in [9.17, 15) is 4.79 Å². The monoisotopic (exact) mass is 446 g/mol. The normalized spacial score (nSPS) is 11.0. The number of carbonyl (C=O) groups is 1. The van der Waals surface area contributed by atoms with Crippen molar-refractivity contribution in [1.82, 2.24) is 4.57 Å². The number of hydrogen-bond donors (Lipinski definition) is 1. The molecule has 0 radical (unpaired) electrons. The van der Waals surface area contributed by atoms with Crippen molar-refractivity contribution in [2.24, 2.45) is 0 Å². The zero-order chi connectivity index (χ0) is 18.0. The van der Waals surface area contributed by atoms with Crippen LogP contribution in [0.15, 0.2) is 42.5 Å².